The molecule has 1 aliphatic carbocycles. The van der Waals surface area contributed by atoms with Crippen LogP contribution in [0.15, 0.2) is 18.2 Å². The Morgan fingerprint density at radius 1 is 1.35 bits per heavy atom. The predicted molar refractivity (Wildman–Crippen MR) is 85.5 cm³/mol. The number of hydrogen-bond donors (Lipinski definition) is 2. The largest absolute Gasteiger partial charge is 0.486 e. The Kier molecular flexibility index (Phi) is 5.03. The summed E-state index contributed by atoms with van der Waals surface area (Å²) in [5.41, 5.74) is 6.65. The Morgan fingerprint density at radius 3 is 2.74 bits per heavy atom. The van der Waals surface area contributed by atoms with E-state index in [2.05, 4.69) is 5.32 Å². The Bertz CT molecular complexity index is 556. The summed E-state index contributed by atoms with van der Waals surface area (Å²) in [4.78, 5) is 12.3. The molecule has 6 nitrogen and oxygen atoms in total. The van der Waals surface area contributed by atoms with Crippen molar-refractivity contribution < 1.29 is 19.0 Å². The van der Waals surface area contributed by atoms with Crippen LogP contribution in [0.2, 0.25) is 0 Å². The van der Waals surface area contributed by atoms with Crippen molar-refractivity contribution in [2.24, 2.45) is 11.7 Å². The van der Waals surface area contributed by atoms with Gasteiger partial charge in [0.05, 0.1) is 18.6 Å². The van der Waals surface area contributed by atoms with Crippen LogP contribution < -0.4 is 20.5 Å². The second kappa shape index (κ2) is 7.19. The van der Waals surface area contributed by atoms with Crippen LogP contribution in [0.3, 0.4) is 0 Å². The first-order chi connectivity index (χ1) is 11.2. The second-order valence-corrected chi connectivity index (χ2v) is 6.08. The van der Waals surface area contributed by atoms with Crippen LogP contribution >= 0.6 is 0 Å². The van der Waals surface area contributed by atoms with E-state index < -0.39 is 0 Å². The lowest BCUT2D eigenvalue weighted by atomic mass is 10.0. The van der Waals surface area contributed by atoms with Gasteiger partial charge >= 0.3 is 0 Å². The first-order valence-electron chi connectivity index (χ1n) is 8.13. The van der Waals surface area contributed by atoms with Crippen LogP contribution in [0.5, 0.6) is 11.5 Å². The third-order valence-electron chi connectivity index (χ3n) is 4.34. The van der Waals surface area contributed by atoms with E-state index in [-0.39, 0.29) is 24.5 Å². The van der Waals surface area contributed by atoms with E-state index >= 15 is 0 Å². The van der Waals surface area contributed by atoms with Crippen molar-refractivity contribution in [2.75, 3.05) is 26.9 Å². The number of carbonyl (C=O) groups excluding carboxylic acids is 1. The van der Waals surface area contributed by atoms with Gasteiger partial charge in [0.15, 0.2) is 11.5 Å². The van der Waals surface area contributed by atoms with Gasteiger partial charge in [0.2, 0.25) is 5.91 Å². The molecule has 3 N–H and O–H groups in total. The third kappa shape index (κ3) is 3.95. The van der Waals surface area contributed by atoms with Gasteiger partial charge in [-0.3, -0.25) is 4.79 Å². The summed E-state index contributed by atoms with van der Waals surface area (Å²) in [5, 5.41) is 3.13. The standard InChI is InChI=1S/C17H24N2O4/c1-21-13(10-18)9-16(20)19-17(11-2-3-11)12-4-5-14-15(8-12)23-7-6-22-14/h4-5,8,11,13,17H,2-3,6-7,9-10,18H2,1H3,(H,19,20). The first-order valence-corrected chi connectivity index (χ1v) is 8.13. The molecular weight excluding hydrogens is 296 g/mol. The van der Waals surface area contributed by atoms with E-state index in [1.165, 1.54) is 0 Å². The number of fused-ring (bicyclic) bond motifs is 1. The number of methoxy groups -OCH3 is 1. The van der Waals surface area contributed by atoms with Gasteiger partial charge in [-0.25, -0.2) is 0 Å². The SMILES string of the molecule is COC(CN)CC(=O)NC(c1ccc2c(c1)OCCO2)C1CC1. The summed E-state index contributed by atoms with van der Waals surface area (Å²) in [6.07, 6.45) is 2.30. The molecule has 1 aromatic rings. The number of carbonyl (C=O) groups is 1. The smallest absolute Gasteiger partial charge is 0.223 e. The normalized spacial score (nSPS) is 19.0. The van der Waals surface area contributed by atoms with Crippen molar-refractivity contribution in [1.82, 2.24) is 5.32 Å². The van der Waals surface area contributed by atoms with E-state index in [1.54, 1.807) is 7.11 Å². The van der Waals surface area contributed by atoms with Crippen molar-refractivity contribution in [3.8, 4) is 11.5 Å². The minimum absolute atomic E-state index is 0.00797. The van der Waals surface area contributed by atoms with Gasteiger partial charge in [0.1, 0.15) is 13.2 Å². The van der Waals surface area contributed by atoms with Gasteiger partial charge < -0.3 is 25.3 Å². The Hall–Kier alpha value is -1.79. The molecule has 2 atom stereocenters. The third-order valence-corrected chi connectivity index (χ3v) is 4.34. The molecule has 126 valence electrons. The highest BCUT2D eigenvalue weighted by Crippen LogP contribution is 2.43. The van der Waals surface area contributed by atoms with Crippen LogP contribution in [0.4, 0.5) is 0 Å². The number of hydrogen-bond acceptors (Lipinski definition) is 5. The molecule has 0 radical (unpaired) electrons. The van der Waals surface area contributed by atoms with Crippen LogP contribution in [0.25, 0.3) is 0 Å². The number of benzene rings is 1. The molecule has 3 rings (SSSR count). The number of nitrogens with one attached hydrogen (secondary N) is 1. The highest BCUT2D eigenvalue weighted by Gasteiger charge is 2.34. The lowest BCUT2D eigenvalue weighted by Gasteiger charge is -2.23. The zero-order valence-corrected chi connectivity index (χ0v) is 13.4. The summed E-state index contributed by atoms with van der Waals surface area (Å²) < 4.78 is 16.4. The highest BCUT2D eigenvalue weighted by molar-refractivity contribution is 5.77. The van der Waals surface area contributed by atoms with Crippen LogP contribution in [0, 0.1) is 5.92 Å². The van der Waals surface area contributed by atoms with Crippen molar-refractivity contribution in [3.63, 3.8) is 0 Å². The number of ether oxygens (including phenoxy) is 3. The average molecular weight is 320 g/mol. The zero-order chi connectivity index (χ0) is 16.2. The van der Waals surface area contributed by atoms with Gasteiger partial charge in [-0.1, -0.05) is 6.07 Å². The highest BCUT2D eigenvalue weighted by atomic mass is 16.6. The molecule has 23 heavy (non-hydrogen) atoms. The average Bonchev–Trinajstić information content (AvgIpc) is 3.42. The van der Waals surface area contributed by atoms with E-state index in [0.29, 0.717) is 25.7 Å². The van der Waals surface area contributed by atoms with Gasteiger partial charge in [-0.2, -0.15) is 0 Å². The van der Waals surface area contributed by atoms with Gasteiger partial charge in [0.25, 0.3) is 0 Å². The maximum Gasteiger partial charge on any atom is 0.223 e. The van der Waals surface area contributed by atoms with E-state index in [1.807, 2.05) is 18.2 Å². The summed E-state index contributed by atoms with van der Waals surface area (Å²) in [5.74, 6) is 1.98. The fourth-order valence-corrected chi connectivity index (χ4v) is 2.86. The minimum Gasteiger partial charge on any atom is -0.486 e. The van der Waals surface area contributed by atoms with Crippen LogP contribution in [-0.2, 0) is 9.53 Å². The predicted octanol–water partition coefficient (Wildman–Crippen LogP) is 1.39. The van der Waals surface area contributed by atoms with Crippen molar-refractivity contribution >= 4 is 5.91 Å². The Labute approximate surface area is 136 Å². The monoisotopic (exact) mass is 320 g/mol. The Balaban J connectivity index is 1.70. The number of amides is 1. The molecule has 1 fully saturated rings. The summed E-state index contributed by atoms with van der Waals surface area (Å²) in [6, 6.07) is 5.92. The second-order valence-electron chi connectivity index (χ2n) is 6.08. The molecule has 1 saturated carbocycles. The maximum absolute atomic E-state index is 12.3. The molecule has 0 saturated heterocycles. The van der Waals surface area contributed by atoms with E-state index in [4.69, 9.17) is 19.9 Å². The lowest BCUT2D eigenvalue weighted by Crippen LogP contribution is -2.35. The molecule has 2 unspecified atom stereocenters. The minimum atomic E-state index is -0.241. The molecule has 1 aromatic carbocycles. The topological polar surface area (TPSA) is 82.8 Å². The van der Waals surface area contributed by atoms with Crippen LogP contribution in [0.1, 0.15) is 30.9 Å². The molecule has 1 heterocycles. The first kappa shape index (κ1) is 16.1. The summed E-state index contributed by atoms with van der Waals surface area (Å²) >= 11 is 0. The summed E-state index contributed by atoms with van der Waals surface area (Å²) in [6.45, 7) is 1.47. The number of rotatable bonds is 7. The summed E-state index contributed by atoms with van der Waals surface area (Å²) in [7, 11) is 1.57. The van der Waals surface area contributed by atoms with Crippen molar-refractivity contribution in [1.29, 1.82) is 0 Å². The van der Waals surface area contributed by atoms with Gasteiger partial charge in [-0.05, 0) is 36.5 Å². The van der Waals surface area contributed by atoms with Gasteiger partial charge in [-0.15, -0.1) is 0 Å². The quantitative estimate of drug-likeness (QED) is 0.793. The van der Waals surface area contributed by atoms with Crippen molar-refractivity contribution in [3.05, 3.63) is 23.8 Å². The molecule has 0 aromatic heterocycles. The molecule has 0 bridgehead atoms. The fraction of sp³-hybridized carbons (Fsp3) is 0.588. The number of nitrogens with two attached hydrogens (primary N) is 1. The van der Waals surface area contributed by atoms with Crippen molar-refractivity contribution in [2.45, 2.75) is 31.4 Å². The molecule has 1 aliphatic heterocycles. The lowest BCUT2D eigenvalue weighted by molar-refractivity contribution is -0.124. The molecule has 1 amide bonds. The van der Waals surface area contributed by atoms with Crippen LogP contribution in [-0.4, -0.2) is 38.9 Å². The maximum atomic E-state index is 12.3. The van der Waals surface area contributed by atoms with E-state index in [9.17, 15) is 4.79 Å². The van der Waals surface area contributed by atoms with E-state index in [0.717, 1.165) is 29.9 Å². The fourth-order valence-electron chi connectivity index (χ4n) is 2.86. The molecule has 2 aliphatic rings. The molecular formula is C17H24N2O4. The van der Waals surface area contributed by atoms with Gasteiger partial charge in [0, 0.05) is 13.7 Å². The Morgan fingerprint density at radius 2 is 2.09 bits per heavy atom. The molecule has 6 heteroatoms. The zero-order valence-electron chi connectivity index (χ0n) is 13.4. The molecule has 0 spiro atoms.